The Kier molecular flexibility index (Phi) is 6.50. The lowest BCUT2D eigenvalue weighted by atomic mass is 10.0. The number of carboxylic acids is 2. The molecule has 0 aliphatic rings. The third-order valence-electron chi connectivity index (χ3n) is 7.04. The van der Waals surface area contributed by atoms with Crippen LogP contribution in [0.2, 0.25) is 0 Å². The monoisotopic (exact) mass is 544 g/mol. The number of pyridine rings is 2. The van der Waals surface area contributed by atoms with Crippen LogP contribution in [0.25, 0.3) is 45.1 Å². The molecule has 4 heterocycles. The third kappa shape index (κ3) is 4.69. The molecule has 41 heavy (non-hydrogen) atoms. The van der Waals surface area contributed by atoms with E-state index in [1.165, 1.54) is 12.1 Å². The molecule has 0 spiro atoms. The Bertz CT molecular complexity index is 1830. The van der Waals surface area contributed by atoms with Gasteiger partial charge < -0.3 is 28.9 Å². The summed E-state index contributed by atoms with van der Waals surface area (Å²) < 4.78 is 4.02. The molecule has 6 aromatic rings. The molecule has 10 heteroatoms. The number of rotatable bonds is 8. The highest BCUT2D eigenvalue weighted by atomic mass is 16.4. The van der Waals surface area contributed by atoms with Crippen molar-refractivity contribution in [3.63, 3.8) is 0 Å². The molecule has 10 nitrogen and oxygen atoms in total. The Balaban J connectivity index is 1.35. The molecule has 0 bridgehead atoms. The summed E-state index contributed by atoms with van der Waals surface area (Å²) >= 11 is 0. The van der Waals surface area contributed by atoms with Crippen molar-refractivity contribution >= 4 is 34.0 Å². The molecule has 0 amide bonds. The summed E-state index contributed by atoms with van der Waals surface area (Å²) in [6.45, 7) is 5.29. The topological polar surface area (TPSA) is 142 Å². The largest absolute Gasteiger partial charge is 0.543 e. The number of fused-ring (bicyclic) bond motifs is 2. The zero-order chi connectivity index (χ0) is 28.7. The van der Waals surface area contributed by atoms with Gasteiger partial charge in [-0.05, 0) is 79.9 Å². The summed E-state index contributed by atoms with van der Waals surface area (Å²) in [7, 11) is 0. The van der Waals surface area contributed by atoms with E-state index in [2.05, 4.69) is 22.1 Å². The number of aromatic carboxylic acids is 2. The summed E-state index contributed by atoms with van der Waals surface area (Å²) in [4.78, 5) is 40.7. The molecular formula is C31H24N6O4-2. The van der Waals surface area contributed by atoms with Crippen molar-refractivity contribution in [1.82, 2.24) is 29.1 Å². The molecule has 2 aromatic carbocycles. The number of carboxylic acid groups (broad SMARTS) is 2. The van der Waals surface area contributed by atoms with Gasteiger partial charge in [0.25, 0.3) is 0 Å². The predicted molar refractivity (Wildman–Crippen MR) is 149 cm³/mol. The molecule has 0 unspecified atom stereocenters. The minimum absolute atomic E-state index is 0.135. The number of imidazole rings is 2. The van der Waals surface area contributed by atoms with Gasteiger partial charge in [0.2, 0.25) is 0 Å². The lowest BCUT2D eigenvalue weighted by molar-refractivity contribution is -0.256. The van der Waals surface area contributed by atoms with Gasteiger partial charge in [0.1, 0.15) is 11.4 Å². The first kappa shape index (κ1) is 25.9. The minimum atomic E-state index is -1.33. The Hall–Kier alpha value is -5.38. The fourth-order valence-electron chi connectivity index (χ4n) is 5.18. The van der Waals surface area contributed by atoms with Crippen LogP contribution in [0.3, 0.4) is 0 Å². The molecule has 0 aliphatic heterocycles. The van der Waals surface area contributed by atoms with Crippen molar-refractivity contribution in [2.75, 3.05) is 0 Å². The van der Waals surface area contributed by atoms with E-state index in [1.54, 1.807) is 24.3 Å². The van der Waals surface area contributed by atoms with Gasteiger partial charge in [-0.25, -0.2) is 19.9 Å². The Morgan fingerprint density at radius 1 is 0.634 bits per heavy atom. The molecule has 0 N–H and O–H groups in total. The molecule has 0 fully saturated rings. The molecule has 0 atom stereocenters. The van der Waals surface area contributed by atoms with Crippen molar-refractivity contribution in [2.24, 2.45) is 0 Å². The first-order valence-electron chi connectivity index (χ1n) is 13.2. The number of aryl methyl sites for hydroxylation is 2. The number of benzene rings is 2. The maximum atomic E-state index is 11.3. The first-order chi connectivity index (χ1) is 19.9. The van der Waals surface area contributed by atoms with Crippen LogP contribution in [0.4, 0.5) is 0 Å². The lowest BCUT2D eigenvalue weighted by Crippen LogP contribution is -2.23. The lowest BCUT2D eigenvalue weighted by Gasteiger charge is -2.08. The van der Waals surface area contributed by atoms with Crippen LogP contribution >= 0.6 is 0 Å². The van der Waals surface area contributed by atoms with E-state index in [9.17, 15) is 19.8 Å². The third-order valence-corrected chi connectivity index (χ3v) is 7.04. The van der Waals surface area contributed by atoms with E-state index in [1.807, 2.05) is 47.2 Å². The second-order valence-electron chi connectivity index (χ2n) is 9.57. The van der Waals surface area contributed by atoms with Gasteiger partial charge in [-0.2, -0.15) is 0 Å². The summed E-state index contributed by atoms with van der Waals surface area (Å²) in [5.41, 5.74) is 6.22. The van der Waals surface area contributed by atoms with Gasteiger partial charge >= 0.3 is 0 Å². The molecule has 0 saturated heterocycles. The first-order valence-corrected chi connectivity index (χ1v) is 13.2. The second kappa shape index (κ2) is 10.3. The minimum Gasteiger partial charge on any atom is -0.543 e. The number of carbonyl (C=O) groups excluding carboxylic acids is 2. The smallest absolute Gasteiger partial charge is 0.159 e. The number of carbonyl (C=O) groups is 2. The van der Waals surface area contributed by atoms with Crippen molar-refractivity contribution < 1.29 is 19.8 Å². The van der Waals surface area contributed by atoms with Gasteiger partial charge in [-0.15, -0.1) is 0 Å². The molecule has 6 rings (SSSR count). The van der Waals surface area contributed by atoms with Gasteiger partial charge in [-0.1, -0.05) is 24.3 Å². The predicted octanol–water partition coefficient (Wildman–Crippen LogP) is 2.87. The number of hydrogen-bond donors (Lipinski definition) is 0. The normalized spacial score (nSPS) is 11.4. The van der Waals surface area contributed by atoms with Gasteiger partial charge in [0.05, 0.1) is 45.4 Å². The average Bonchev–Trinajstić information content (AvgIpc) is 3.54. The number of nitrogens with zero attached hydrogens (tertiary/aromatic N) is 6. The van der Waals surface area contributed by atoms with Crippen LogP contribution in [-0.2, 0) is 19.5 Å². The van der Waals surface area contributed by atoms with Crippen LogP contribution in [0.15, 0.2) is 72.8 Å². The Morgan fingerprint density at radius 2 is 1.07 bits per heavy atom. The highest BCUT2D eigenvalue weighted by Gasteiger charge is 2.16. The van der Waals surface area contributed by atoms with E-state index < -0.39 is 11.9 Å². The van der Waals surface area contributed by atoms with Crippen LogP contribution in [0, 0.1) is 0 Å². The summed E-state index contributed by atoms with van der Waals surface area (Å²) in [5, 5.41) is 22.6. The SMILES string of the molecule is CCn1c(-c2cccc(C(=O)[O-])n2)nc2cc(Cc3ccc4c(c3)nc(-c3cccc(C(=O)[O-])n3)n4CC)ccc21. The number of hydrogen-bond acceptors (Lipinski definition) is 8. The summed E-state index contributed by atoms with van der Waals surface area (Å²) in [6, 6.07) is 21.8. The van der Waals surface area contributed by atoms with Crippen molar-refractivity contribution in [3.05, 3.63) is 95.3 Å². The van der Waals surface area contributed by atoms with E-state index in [0.29, 0.717) is 42.5 Å². The van der Waals surface area contributed by atoms with Crippen LogP contribution < -0.4 is 10.2 Å². The van der Waals surface area contributed by atoms with Crippen LogP contribution in [-0.4, -0.2) is 41.0 Å². The zero-order valence-electron chi connectivity index (χ0n) is 22.4. The molecule has 0 aliphatic carbocycles. The fourth-order valence-corrected chi connectivity index (χ4v) is 5.18. The average molecular weight is 545 g/mol. The molecular weight excluding hydrogens is 520 g/mol. The van der Waals surface area contributed by atoms with Crippen LogP contribution in [0.5, 0.6) is 0 Å². The highest BCUT2D eigenvalue weighted by molar-refractivity contribution is 5.86. The Morgan fingerprint density at radius 3 is 1.46 bits per heavy atom. The summed E-state index contributed by atoms with van der Waals surface area (Å²) in [6.07, 6.45) is 0.644. The van der Waals surface area contributed by atoms with Crippen molar-refractivity contribution in [1.29, 1.82) is 0 Å². The van der Waals surface area contributed by atoms with Gasteiger partial charge in [0.15, 0.2) is 11.6 Å². The van der Waals surface area contributed by atoms with E-state index in [-0.39, 0.29) is 11.4 Å². The molecule has 0 saturated carbocycles. The van der Waals surface area contributed by atoms with E-state index in [0.717, 1.165) is 33.2 Å². The quantitative estimate of drug-likeness (QED) is 0.285. The standard InChI is InChI=1S/C31H26N6O4/c1-3-36-26-13-11-18(16-24(26)34-28(36)20-7-5-9-22(32-20)30(38)39)15-19-12-14-27-25(17-19)35-29(37(27)4-2)21-8-6-10-23(33-21)31(40)41/h5-14,16-17H,3-4,15H2,1-2H3,(H,38,39)(H,40,41)/p-2. The maximum absolute atomic E-state index is 11.3. The van der Waals surface area contributed by atoms with Crippen molar-refractivity contribution in [3.8, 4) is 23.0 Å². The van der Waals surface area contributed by atoms with Crippen LogP contribution in [0.1, 0.15) is 46.0 Å². The molecule has 204 valence electrons. The maximum Gasteiger partial charge on any atom is 0.159 e. The molecule has 4 aromatic heterocycles. The Labute approximate surface area is 234 Å². The second-order valence-corrected chi connectivity index (χ2v) is 9.57. The van der Waals surface area contributed by atoms with E-state index in [4.69, 9.17) is 9.97 Å². The number of aromatic nitrogens is 6. The van der Waals surface area contributed by atoms with E-state index >= 15 is 0 Å². The molecule has 0 radical (unpaired) electrons. The fraction of sp³-hybridized carbons (Fsp3) is 0.161. The van der Waals surface area contributed by atoms with Gasteiger partial charge in [0, 0.05) is 13.1 Å². The van der Waals surface area contributed by atoms with Gasteiger partial charge in [-0.3, -0.25) is 0 Å². The summed E-state index contributed by atoms with van der Waals surface area (Å²) in [5.74, 6) is -1.47. The highest BCUT2D eigenvalue weighted by Crippen LogP contribution is 2.28. The zero-order valence-corrected chi connectivity index (χ0v) is 22.4. The van der Waals surface area contributed by atoms with Crippen molar-refractivity contribution in [2.45, 2.75) is 33.4 Å².